The lowest BCUT2D eigenvalue weighted by atomic mass is 9.98. The van der Waals surface area contributed by atoms with E-state index in [9.17, 15) is 4.79 Å². The first-order chi connectivity index (χ1) is 8.36. The van der Waals surface area contributed by atoms with Crippen LogP contribution in [0.2, 0.25) is 0 Å². The molecule has 0 radical (unpaired) electrons. The fraction of sp³-hybridized carbons (Fsp3) is 0.923. The molecule has 1 aliphatic heterocycles. The molecular formula is C13H25ClN2O2. The van der Waals surface area contributed by atoms with Crippen LogP contribution in [0.4, 0.5) is 0 Å². The normalized spacial score (nSPS) is 24.6. The van der Waals surface area contributed by atoms with Crippen molar-refractivity contribution in [2.75, 3.05) is 19.7 Å². The van der Waals surface area contributed by atoms with Crippen LogP contribution < -0.4 is 10.6 Å². The minimum absolute atomic E-state index is 0. The molecule has 4 nitrogen and oxygen atoms in total. The summed E-state index contributed by atoms with van der Waals surface area (Å²) >= 11 is 0. The van der Waals surface area contributed by atoms with Crippen molar-refractivity contribution in [1.82, 2.24) is 10.6 Å². The number of halogens is 1. The van der Waals surface area contributed by atoms with Crippen LogP contribution in [0.3, 0.4) is 0 Å². The standard InChI is InChI=1S/C13H24N2O2.ClH/c16-13(12-7-4-8-14-12)15-9-10-17-11-5-2-1-3-6-11;/h11-12,14H,1-10H2,(H,15,16);1H/t12-;/m0./s1. The average Bonchev–Trinajstić information content (AvgIpc) is 2.89. The highest BCUT2D eigenvalue weighted by Crippen LogP contribution is 2.19. The molecule has 0 bridgehead atoms. The fourth-order valence-corrected chi connectivity index (χ4v) is 2.66. The third kappa shape index (κ3) is 5.12. The minimum atomic E-state index is 0. The van der Waals surface area contributed by atoms with Gasteiger partial charge in [0, 0.05) is 6.54 Å². The maximum absolute atomic E-state index is 11.7. The first kappa shape index (κ1) is 15.7. The van der Waals surface area contributed by atoms with Gasteiger partial charge in [0.2, 0.25) is 5.91 Å². The second kappa shape index (κ2) is 8.73. The van der Waals surface area contributed by atoms with Crippen molar-refractivity contribution in [3.8, 4) is 0 Å². The lowest BCUT2D eigenvalue weighted by Gasteiger charge is -2.22. The van der Waals surface area contributed by atoms with Gasteiger partial charge in [-0.1, -0.05) is 19.3 Å². The molecule has 2 fully saturated rings. The number of hydrogen-bond acceptors (Lipinski definition) is 3. The Morgan fingerprint density at radius 3 is 2.61 bits per heavy atom. The molecule has 2 rings (SSSR count). The molecule has 2 aliphatic rings. The molecule has 0 aromatic carbocycles. The molecular weight excluding hydrogens is 252 g/mol. The van der Waals surface area contributed by atoms with Crippen molar-refractivity contribution < 1.29 is 9.53 Å². The summed E-state index contributed by atoms with van der Waals surface area (Å²) in [5.41, 5.74) is 0. The summed E-state index contributed by atoms with van der Waals surface area (Å²) in [7, 11) is 0. The monoisotopic (exact) mass is 276 g/mol. The highest BCUT2D eigenvalue weighted by atomic mass is 35.5. The Kier molecular flexibility index (Phi) is 7.63. The SMILES string of the molecule is Cl.O=C(NCCOC1CCCCC1)[C@@H]1CCCN1. The molecule has 5 heteroatoms. The average molecular weight is 277 g/mol. The van der Waals surface area contributed by atoms with Crippen molar-refractivity contribution in [1.29, 1.82) is 0 Å². The van der Waals surface area contributed by atoms with Gasteiger partial charge in [-0.15, -0.1) is 12.4 Å². The Morgan fingerprint density at radius 2 is 1.94 bits per heavy atom. The van der Waals surface area contributed by atoms with Crippen LogP contribution in [-0.4, -0.2) is 37.7 Å². The van der Waals surface area contributed by atoms with Crippen LogP contribution in [0.25, 0.3) is 0 Å². The Morgan fingerprint density at radius 1 is 1.17 bits per heavy atom. The number of nitrogens with one attached hydrogen (secondary N) is 2. The molecule has 106 valence electrons. The lowest BCUT2D eigenvalue weighted by Crippen LogP contribution is -2.41. The maximum Gasteiger partial charge on any atom is 0.237 e. The molecule has 0 aromatic heterocycles. The van der Waals surface area contributed by atoms with Crippen molar-refractivity contribution in [3.63, 3.8) is 0 Å². The number of rotatable bonds is 5. The van der Waals surface area contributed by atoms with Gasteiger partial charge in [0.05, 0.1) is 18.8 Å². The lowest BCUT2D eigenvalue weighted by molar-refractivity contribution is -0.123. The molecule has 1 atom stereocenters. The summed E-state index contributed by atoms with van der Waals surface area (Å²) in [6, 6.07) is 0.0321. The Hall–Kier alpha value is -0.320. The van der Waals surface area contributed by atoms with E-state index >= 15 is 0 Å². The quantitative estimate of drug-likeness (QED) is 0.751. The molecule has 18 heavy (non-hydrogen) atoms. The fourth-order valence-electron chi connectivity index (χ4n) is 2.66. The van der Waals surface area contributed by atoms with Crippen LogP contribution in [-0.2, 0) is 9.53 Å². The van der Waals surface area contributed by atoms with Crippen LogP contribution in [0.5, 0.6) is 0 Å². The number of carbonyl (C=O) groups is 1. The summed E-state index contributed by atoms with van der Waals surface area (Å²) in [6.07, 6.45) is 8.84. The van der Waals surface area contributed by atoms with Gasteiger partial charge in [-0.2, -0.15) is 0 Å². The van der Waals surface area contributed by atoms with E-state index in [1.807, 2.05) is 0 Å². The van der Waals surface area contributed by atoms with Gasteiger partial charge in [0.1, 0.15) is 0 Å². The van der Waals surface area contributed by atoms with Crippen LogP contribution in [0.1, 0.15) is 44.9 Å². The third-order valence-electron chi connectivity index (χ3n) is 3.68. The molecule has 1 heterocycles. The molecule has 1 aliphatic carbocycles. The van der Waals surface area contributed by atoms with E-state index in [0.717, 1.165) is 19.4 Å². The van der Waals surface area contributed by atoms with Crippen LogP contribution >= 0.6 is 12.4 Å². The van der Waals surface area contributed by atoms with Gasteiger partial charge < -0.3 is 15.4 Å². The summed E-state index contributed by atoms with van der Waals surface area (Å²) < 4.78 is 5.76. The van der Waals surface area contributed by atoms with Gasteiger partial charge in [-0.25, -0.2) is 0 Å². The largest absolute Gasteiger partial charge is 0.376 e. The van der Waals surface area contributed by atoms with Crippen molar-refractivity contribution in [2.45, 2.75) is 57.1 Å². The van der Waals surface area contributed by atoms with Crippen LogP contribution in [0, 0.1) is 0 Å². The zero-order valence-electron chi connectivity index (χ0n) is 11.0. The van der Waals surface area contributed by atoms with Gasteiger partial charge in [-0.3, -0.25) is 4.79 Å². The number of carbonyl (C=O) groups excluding carboxylic acids is 1. The van der Waals surface area contributed by atoms with Gasteiger partial charge in [0.15, 0.2) is 0 Å². The summed E-state index contributed by atoms with van der Waals surface area (Å²) in [5, 5.41) is 6.13. The molecule has 0 unspecified atom stereocenters. The first-order valence-corrected chi connectivity index (χ1v) is 6.99. The van der Waals surface area contributed by atoms with E-state index in [0.29, 0.717) is 19.3 Å². The highest BCUT2D eigenvalue weighted by Gasteiger charge is 2.21. The Labute approximate surface area is 116 Å². The van der Waals surface area contributed by atoms with E-state index in [-0.39, 0.29) is 24.4 Å². The minimum Gasteiger partial charge on any atom is -0.376 e. The zero-order chi connectivity index (χ0) is 11.9. The van der Waals surface area contributed by atoms with Crippen molar-refractivity contribution in [3.05, 3.63) is 0 Å². The molecule has 0 spiro atoms. The summed E-state index contributed by atoms with van der Waals surface area (Å²) in [4.78, 5) is 11.7. The Bertz CT molecular complexity index is 239. The smallest absolute Gasteiger partial charge is 0.237 e. The molecule has 1 amide bonds. The zero-order valence-corrected chi connectivity index (χ0v) is 11.8. The third-order valence-corrected chi connectivity index (χ3v) is 3.68. The summed E-state index contributed by atoms with van der Waals surface area (Å²) in [6.45, 7) is 2.27. The molecule has 1 saturated carbocycles. The van der Waals surface area contributed by atoms with Crippen molar-refractivity contribution in [2.24, 2.45) is 0 Å². The molecule has 0 aromatic rings. The molecule has 2 N–H and O–H groups in total. The topological polar surface area (TPSA) is 50.4 Å². The van der Waals surface area contributed by atoms with E-state index in [2.05, 4.69) is 10.6 Å². The Balaban J connectivity index is 0.00000162. The summed E-state index contributed by atoms with van der Waals surface area (Å²) in [5.74, 6) is 0.134. The number of ether oxygens (including phenoxy) is 1. The van der Waals surface area contributed by atoms with E-state index in [1.165, 1.54) is 32.1 Å². The van der Waals surface area contributed by atoms with Gasteiger partial charge >= 0.3 is 0 Å². The van der Waals surface area contributed by atoms with E-state index < -0.39 is 0 Å². The van der Waals surface area contributed by atoms with Gasteiger partial charge in [-0.05, 0) is 32.2 Å². The number of amides is 1. The number of hydrogen-bond donors (Lipinski definition) is 2. The van der Waals surface area contributed by atoms with Gasteiger partial charge in [0.25, 0.3) is 0 Å². The highest BCUT2D eigenvalue weighted by molar-refractivity contribution is 5.85. The van der Waals surface area contributed by atoms with E-state index in [1.54, 1.807) is 0 Å². The van der Waals surface area contributed by atoms with E-state index in [4.69, 9.17) is 4.74 Å². The second-order valence-corrected chi connectivity index (χ2v) is 5.07. The second-order valence-electron chi connectivity index (χ2n) is 5.07. The molecule has 1 saturated heterocycles. The maximum atomic E-state index is 11.7. The van der Waals surface area contributed by atoms with Crippen molar-refractivity contribution >= 4 is 18.3 Å². The first-order valence-electron chi connectivity index (χ1n) is 6.99. The van der Waals surface area contributed by atoms with Crippen LogP contribution in [0.15, 0.2) is 0 Å². The predicted octanol–water partition coefficient (Wildman–Crippen LogP) is 1.63. The predicted molar refractivity (Wildman–Crippen MR) is 74.1 cm³/mol.